The molecule has 0 unspecified atom stereocenters. The van der Waals surface area contributed by atoms with Gasteiger partial charge in [-0.1, -0.05) is 12.1 Å². The van der Waals surface area contributed by atoms with Crippen molar-refractivity contribution in [3.63, 3.8) is 0 Å². The SMILES string of the molecule is CN(CCNc1ccccc1F)CCN1CCCC1. The maximum atomic E-state index is 13.4. The van der Waals surface area contributed by atoms with Crippen LogP contribution >= 0.6 is 0 Å². The monoisotopic (exact) mass is 265 g/mol. The molecule has 1 fully saturated rings. The van der Waals surface area contributed by atoms with Gasteiger partial charge in [0.1, 0.15) is 5.82 Å². The van der Waals surface area contributed by atoms with Gasteiger partial charge < -0.3 is 15.1 Å². The van der Waals surface area contributed by atoms with Crippen LogP contribution in [0.25, 0.3) is 0 Å². The molecular formula is C15H24FN3. The number of hydrogen-bond donors (Lipinski definition) is 1. The molecule has 0 amide bonds. The lowest BCUT2D eigenvalue weighted by molar-refractivity contribution is 0.262. The molecule has 0 spiro atoms. The van der Waals surface area contributed by atoms with E-state index in [0.29, 0.717) is 5.69 Å². The molecule has 2 rings (SSSR count). The van der Waals surface area contributed by atoms with E-state index < -0.39 is 0 Å². The summed E-state index contributed by atoms with van der Waals surface area (Å²) in [6.07, 6.45) is 2.69. The second-order valence-corrected chi connectivity index (χ2v) is 5.26. The van der Waals surface area contributed by atoms with E-state index in [1.165, 1.54) is 32.0 Å². The molecule has 1 aromatic carbocycles. The minimum absolute atomic E-state index is 0.179. The molecule has 4 heteroatoms. The van der Waals surface area contributed by atoms with Crippen LogP contribution in [0.3, 0.4) is 0 Å². The Labute approximate surface area is 115 Å². The van der Waals surface area contributed by atoms with Gasteiger partial charge in [0.15, 0.2) is 0 Å². The van der Waals surface area contributed by atoms with E-state index in [9.17, 15) is 4.39 Å². The zero-order chi connectivity index (χ0) is 13.5. The summed E-state index contributed by atoms with van der Waals surface area (Å²) in [4.78, 5) is 4.81. The Kier molecular flexibility index (Phi) is 5.61. The predicted molar refractivity (Wildman–Crippen MR) is 78.1 cm³/mol. The van der Waals surface area contributed by atoms with Crippen molar-refractivity contribution in [2.24, 2.45) is 0 Å². The van der Waals surface area contributed by atoms with E-state index >= 15 is 0 Å². The van der Waals surface area contributed by atoms with E-state index in [-0.39, 0.29) is 5.82 Å². The van der Waals surface area contributed by atoms with Crippen molar-refractivity contribution >= 4 is 5.69 Å². The van der Waals surface area contributed by atoms with E-state index in [0.717, 1.165) is 26.2 Å². The maximum Gasteiger partial charge on any atom is 0.146 e. The molecule has 1 aliphatic heterocycles. The van der Waals surface area contributed by atoms with Crippen molar-refractivity contribution in [2.45, 2.75) is 12.8 Å². The minimum atomic E-state index is -0.179. The number of halogens is 1. The van der Waals surface area contributed by atoms with Crippen molar-refractivity contribution in [1.29, 1.82) is 0 Å². The molecule has 0 bridgehead atoms. The second kappa shape index (κ2) is 7.46. The van der Waals surface area contributed by atoms with Gasteiger partial charge in [-0.15, -0.1) is 0 Å². The summed E-state index contributed by atoms with van der Waals surface area (Å²) in [6.45, 7) is 6.44. The minimum Gasteiger partial charge on any atom is -0.381 e. The molecule has 1 saturated heterocycles. The lowest BCUT2D eigenvalue weighted by atomic mass is 10.3. The van der Waals surface area contributed by atoms with Gasteiger partial charge in [-0.2, -0.15) is 0 Å². The number of benzene rings is 1. The summed E-state index contributed by atoms with van der Waals surface area (Å²) in [7, 11) is 2.12. The third kappa shape index (κ3) is 4.80. The van der Waals surface area contributed by atoms with Gasteiger partial charge in [0.2, 0.25) is 0 Å². The number of likely N-dealkylation sites (N-methyl/N-ethyl adjacent to an activating group) is 1. The Balaban J connectivity index is 1.61. The maximum absolute atomic E-state index is 13.4. The van der Waals surface area contributed by atoms with Crippen molar-refractivity contribution in [3.05, 3.63) is 30.1 Å². The molecule has 1 heterocycles. The van der Waals surface area contributed by atoms with Crippen molar-refractivity contribution in [2.75, 3.05) is 51.6 Å². The highest BCUT2D eigenvalue weighted by Gasteiger charge is 2.11. The van der Waals surface area contributed by atoms with Crippen LogP contribution in [0, 0.1) is 5.82 Å². The zero-order valence-corrected chi connectivity index (χ0v) is 11.7. The lowest BCUT2D eigenvalue weighted by Crippen LogP contribution is -2.34. The number of para-hydroxylation sites is 1. The lowest BCUT2D eigenvalue weighted by Gasteiger charge is -2.21. The Hall–Kier alpha value is -1.13. The van der Waals surface area contributed by atoms with Gasteiger partial charge in [0.05, 0.1) is 5.69 Å². The summed E-state index contributed by atoms with van der Waals surface area (Å²) < 4.78 is 13.4. The topological polar surface area (TPSA) is 18.5 Å². The molecule has 3 nitrogen and oxygen atoms in total. The van der Waals surface area contributed by atoms with E-state index in [2.05, 4.69) is 22.2 Å². The highest BCUT2D eigenvalue weighted by atomic mass is 19.1. The summed E-state index contributed by atoms with van der Waals surface area (Å²) >= 11 is 0. The molecule has 1 N–H and O–H groups in total. The van der Waals surface area contributed by atoms with Crippen molar-refractivity contribution in [3.8, 4) is 0 Å². The smallest absolute Gasteiger partial charge is 0.146 e. The van der Waals surface area contributed by atoms with Crippen LogP contribution < -0.4 is 5.32 Å². The van der Waals surface area contributed by atoms with E-state index in [1.807, 2.05) is 6.07 Å². The normalized spacial score (nSPS) is 16.2. The fourth-order valence-electron chi connectivity index (χ4n) is 2.42. The van der Waals surface area contributed by atoms with Gasteiger partial charge >= 0.3 is 0 Å². The van der Waals surface area contributed by atoms with Crippen LogP contribution in [0.15, 0.2) is 24.3 Å². The van der Waals surface area contributed by atoms with Crippen LogP contribution in [0.2, 0.25) is 0 Å². The van der Waals surface area contributed by atoms with Crippen LogP contribution in [0.5, 0.6) is 0 Å². The first-order chi connectivity index (χ1) is 9.25. The molecule has 106 valence electrons. The third-order valence-electron chi connectivity index (χ3n) is 3.68. The Morgan fingerprint density at radius 2 is 1.95 bits per heavy atom. The number of likely N-dealkylation sites (tertiary alicyclic amines) is 1. The first-order valence-corrected chi connectivity index (χ1v) is 7.15. The number of rotatable bonds is 7. The van der Waals surface area contributed by atoms with Crippen LogP contribution in [0.4, 0.5) is 10.1 Å². The van der Waals surface area contributed by atoms with E-state index in [4.69, 9.17) is 0 Å². The number of nitrogens with one attached hydrogen (secondary N) is 1. The fourth-order valence-corrected chi connectivity index (χ4v) is 2.42. The predicted octanol–water partition coefficient (Wildman–Crippen LogP) is 2.27. The van der Waals surface area contributed by atoms with Gasteiger partial charge in [-0.05, 0) is 45.1 Å². The highest BCUT2D eigenvalue weighted by Crippen LogP contribution is 2.11. The van der Waals surface area contributed by atoms with E-state index in [1.54, 1.807) is 12.1 Å². The second-order valence-electron chi connectivity index (χ2n) is 5.26. The summed E-state index contributed by atoms with van der Waals surface area (Å²) in [6, 6.07) is 6.82. The highest BCUT2D eigenvalue weighted by molar-refractivity contribution is 5.44. The van der Waals surface area contributed by atoms with Gasteiger partial charge in [-0.3, -0.25) is 0 Å². The molecule has 1 aliphatic rings. The average Bonchev–Trinajstić information content (AvgIpc) is 2.92. The summed E-state index contributed by atoms with van der Waals surface area (Å²) in [5.41, 5.74) is 0.593. The molecule has 0 radical (unpaired) electrons. The number of nitrogens with zero attached hydrogens (tertiary/aromatic N) is 2. The number of anilines is 1. The standard InChI is InChI=1S/C15H24FN3/c1-18(12-13-19-9-4-5-10-19)11-8-17-15-7-3-2-6-14(15)16/h2-3,6-7,17H,4-5,8-13H2,1H3. The Morgan fingerprint density at radius 3 is 2.68 bits per heavy atom. The van der Waals surface area contributed by atoms with Crippen LogP contribution in [0.1, 0.15) is 12.8 Å². The third-order valence-corrected chi connectivity index (χ3v) is 3.68. The quantitative estimate of drug-likeness (QED) is 0.816. The summed E-state index contributed by atoms with van der Waals surface area (Å²) in [5.74, 6) is -0.179. The van der Waals surface area contributed by atoms with Crippen LogP contribution in [-0.4, -0.2) is 56.1 Å². The largest absolute Gasteiger partial charge is 0.381 e. The molecule has 0 saturated carbocycles. The van der Waals surface area contributed by atoms with Crippen molar-refractivity contribution in [1.82, 2.24) is 9.80 Å². The van der Waals surface area contributed by atoms with Crippen molar-refractivity contribution < 1.29 is 4.39 Å². The molecule has 0 atom stereocenters. The molecule has 0 aliphatic carbocycles. The Bertz CT molecular complexity index is 377. The number of hydrogen-bond acceptors (Lipinski definition) is 3. The zero-order valence-electron chi connectivity index (χ0n) is 11.7. The first kappa shape index (κ1) is 14.3. The van der Waals surface area contributed by atoms with Gasteiger partial charge in [0.25, 0.3) is 0 Å². The summed E-state index contributed by atoms with van der Waals surface area (Å²) in [5, 5.41) is 3.14. The van der Waals surface area contributed by atoms with Gasteiger partial charge in [0, 0.05) is 26.2 Å². The Morgan fingerprint density at radius 1 is 1.21 bits per heavy atom. The molecule has 1 aromatic rings. The van der Waals surface area contributed by atoms with Crippen LogP contribution in [-0.2, 0) is 0 Å². The molecular weight excluding hydrogens is 241 g/mol. The molecule has 19 heavy (non-hydrogen) atoms. The average molecular weight is 265 g/mol. The molecule has 0 aromatic heterocycles. The first-order valence-electron chi connectivity index (χ1n) is 7.15. The fraction of sp³-hybridized carbons (Fsp3) is 0.600. The van der Waals surface area contributed by atoms with Gasteiger partial charge in [-0.25, -0.2) is 4.39 Å².